The molecule has 0 spiro atoms. The van der Waals surface area contributed by atoms with Gasteiger partial charge in [0.15, 0.2) is 0 Å². The van der Waals surface area contributed by atoms with Crippen LogP contribution in [0.3, 0.4) is 0 Å². The van der Waals surface area contributed by atoms with Crippen LogP contribution in [0.25, 0.3) is 0 Å². The smallest absolute Gasteiger partial charge is 0.0892 e. The Labute approximate surface area is 133 Å². The fraction of sp³-hybridized carbons (Fsp3) is 0.353. The first-order valence-electron chi connectivity index (χ1n) is 7.29. The molecule has 0 bridgehead atoms. The second-order valence-electron chi connectivity index (χ2n) is 5.40. The Morgan fingerprint density at radius 2 is 2.00 bits per heavy atom. The van der Waals surface area contributed by atoms with E-state index in [1.54, 1.807) is 0 Å². The molecular formula is C17H19BrN2O. The van der Waals surface area contributed by atoms with Crippen molar-refractivity contribution in [1.29, 1.82) is 0 Å². The molecule has 0 radical (unpaired) electrons. The molecule has 4 heteroatoms. The molecule has 0 aliphatic heterocycles. The molecule has 110 valence electrons. The lowest BCUT2D eigenvalue weighted by atomic mass is 10.2. The normalized spacial score (nSPS) is 14.3. The highest BCUT2D eigenvalue weighted by atomic mass is 79.9. The van der Waals surface area contributed by atoms with E-state index in [0.717, 1.165) is 28.3 Å². The number of rotatable bonds is 7. The molecule has 0 saturated heterocycles. The quantitative estimate of drug-likeness (QED) is 0.827. The SMILES string of the molecule is Brc1ccccc1COCc1ccc(CNC2CC2)cn1. The molecule has 3 rings (SSSR count). The summed E-state index contributed by atoms with van der Waals surface area (Å²) < 4.78 is 6.81. The van der Waals surface area contributed by atoms with Gasteiger partial charge in [0, 0.05) is 23.3 Å². The lowest BCUT2D eigenvalue weighted by Crippen LogP contribution is -2.15. The van der Waals surface area contributed by atoms with Crippen LogP contribution in [0.2, 0.25) is 0 Å². The third-order valence-corrected chi connectivity index (χ3v) is 4.30. The number of ether oxygens (including phenoxy) is 1. The third-order valence-electron chi connectivity index (χ3n) is 3.52. The molecule has 1 N–H and O–H groups in total. The molecule has 0 unspecified atom stereocenters. The highest BCUT2D eigenvalue weighted by Gasteiger charge is 2.19. The average Bonchev–Trinajstić information content (AvgIpc) is 3.33. The van der Waals surface area contributed by atoms with Crippen molar-refractivity contribution in [3.63, 3.8) is 0 Å². The van der Waals surface area contributed by atoms with Crippen molar-refractivity contribution in [2.24, 2.45) is 0 Å². The fourth-order valence-corrected chi connectivity index (χ4v) is 2.47. The molecule has 3 nitrogen and oxygen atoms in total. The molecule has 1 aliphatic carbocycles. The van der Waals surface area contributed by atoms with Crippen LogP contribution in [-0.2, 0) is 24.5 Å². The zero-order valence-electron chi connectivity index (χ0n) is 11.9. The Morgan fingerprint density at radius 1 is 1.14 bits per heavy atom. The van der Waals surface area contributed by atoms with Crippen molar-refractivity contribution < 1.29 is 4.74 Å². The van der Waals surface area contributed by atoms with Gasteiger partial charge in [-0.3, -0.25) is 4.98 Å². The van der Waals surface area contributed by atoms with Crippen LogP contribution in [0.15, 0.2) is 47.1 Å². The van der Waals surface area contributed by atoms with Gasteiger partial charge in [0.25, 0.3) is 0 Å². The number of hydrogen-bond acceptors (Lipinski definition) is 3. The van der Waals surface area contributed by atoms with Crippen molar-refractivity contribution >= 4 is 15.9 Å². The van der Waals surface area contributed by atoms with Crippen LogP contribution < -0.4 is 5.32 Å². The van der Waals surface area contributed by atoms with Gasteiger partial charge in [0.1, 0.15) is 0 Å². The van der Waals surface area contributed by atoms with E-state index in [1.165, 1.54) is 18.4 Å². The highest BCUT2D eigenvalue weighted by molar-refractivity contribution is 9.10. The topological polar surface area (TPSA) is 34.1 Å². The summed E-state index contributed by atoms with van der Waals surface area (Å²) in [5, 5.41) is 3.49. The summed E-state index contributed by atoms with van der Waals surface area (Å²) in [5.41, 5.74) is 3.36. The summed E-state index contributed by atoms with van der Waals surface area (Å²) in [6.07, 6.45) is 4.56. The number of hydrogen-bond donors (Lipinski definition) is 1. The molecule has 2 aromatic rings. The minimum atomic E-state index is 0.539. The summed E-state index contributed by atoms with van der Waals surface area (Å²) >= 11 is 3.52. The van der Waals surface area contributed by atoms with Gasteiger partial charge in [0.05, 0.1) is 18.9 Å². The zero-order valence-corrected chi connectivity index (χ0v) is 13.5. The number of halogens is 1. The summed E-state index contributed by atoms with van der Waals surface area (Å²) in [6, 6.07) is 13.0. The standard InChI is InChI=1S/C17H19BrN2O/c18-17-4-2-1-3-14(17)11-21-12-16-6-5-13(10-20-16)9-19-15-7-8-15/h1-6,10,15,19H,7-9,11-12H2. The predicted molar refractivity (Wildman–Crippen MR) is 86.7 cm³/mol. The maximum absolute atomic E-state index is 5.73. The van der Waals surface area contributed by atoms with E-state index >= 15 is 0 Å². The number of aromatic nitrogens is 1. The molecular weight excluding hydrogens is 328 g/mol. The largest absolute Gasteiger partial charge is 0.370 e. The van der Waals surface area contributed by atoms with E-state index in [9.17, 15) is 0 Å². The van der Waals surface area contributed by atoms with Crippen molar-refractivity contribution in [3.05, 3.63) is 63.9 Å². The molecule has 1 aromatic carbocycles. The summed E-state index contributed by atoms with van der Waals surface area (Å²) in [7, 11) is 0. The highest BCUT2D eigenvalue weighted by Crippen LogP contribution is 2.19. The number of benzene rings is 1. The van der Waals surface area contributed by atoms with Gasteiger partial charge >= 0.3 is 0 Å². The van der Waals surface area contributed by atoms with Crippen LogP contribution in [-0.4, -0.2) is 11.0 Å². The molecule has 1 heterocycles. The van der Waals surface area contributed by atoms with E-state index < -0.39 is 0 Å². The average molecular weight is 347 g/mol. The summed E-state index contributed by atoms with van der Waals surface area (Å²) in [5.74, 6) is 0. The Bertz CT molecular complexity index is 582. The second kappa shape index (κ2) is 7.16. The first kappa shape index (κ1) is 14.7. The van der Waals surface area contributed by atoms with E-state index in [0.29, 0.717) is 13.2 Å². The fourth-order valence-electron chi connectivity index (χ4n) is 2.08. The Kier molecular flexibility index (Phi) is 5.01. The monoisotopic (exact) mass is 346 g/mol. The van der Waals surface area contributed by atoms with Gasteiger partial charge in [-0.1, -0.05) is 40.2 Å². The van der Waals surface area contributed by atoms with Crippen molar-refractivity contribution in [2.75, 3.05) is 0 Å². The minimum Gasteiger partial charge on any atom is -0.370 e. The van der Waals surface area contributed by atoms with E-state index in [2.05, 4.69) is 38.4 Å². The van der Waals surface area contributed by atoms with Gasteiger partial charge < -0.3 is 10.1 Å². The van der Waals surface area contributed by atoms with Gasteiger partial charge in [-0.15, -0.1) is 0 Å². The molecule has 1 saturated carbocycles. The van der Waals surface area contributed by atoms with Crippen LogP contribution in [0.4, 0.5) is 0 Å². The first-order valence-corrected chi connectivity index (χ1v) is 8.09. The van der Waals surface area contributed by atoms with Crippen LogP contribution >= 0.6 is 15.9 Å². The first-order chi connectivity index (χ1) is 10.3. The van der Waals surface area contributed by atoms with Crippen LogP contribution in [0, 0.1) is 0 Å². The van der Waals surface area contributed by atoms with E-state index in [4.69, 9.17) is 4.74 Å². The maximum Gasteiger partial charge on any atom is 0.0892 e. The van der Waals surface area contributed by atoms with Crippen LogP contribution in [0.5, 0.6) is 0 Å². The zero-order chi connectivity index (χ0) is 14.5. The third kappa shape index (κ3) is 4.63. The van der Waals surface area contributed by atoms with Gasteiger partial charge in [0.2, 0.25) is 0 Å². The minimum absolute atomic E-state index is 0.539. The molecule has 21 heavy (non-hydrogen) atoms. The Hall–Kier alpha value is -1.23. The maximum atomic E-state index is 5.73. The lowest BCUT2D eigenvalue weighted by molar-refractivity contribution is 0.104. The molecule has 1 fully saturated rings. The van der Waals surface area contributed by atoms with Gasteiger partial charge in [-0.2, -0.15) is 0 Å². The van der Waals surface area contributed by atoms with Gasteiger partial charge in [-0.25, -0.2) is 0 Å². The second-order valence-corrected chi connectivity index (χ2v) is 6.25. The number of nitrogens with one attached hydrogen (secondary N) is 1. The van der Waals surface area contributed by atoms with Crippen molar-refractivity contribution in [1.82, 2.24) is 10.3 Å². The number of nitrogens with zero attached hydrogens (tertiary/aromatic N) is 1. The van der Waals surface area contributed by atoms with E-state index in [-0.39, 0.29) is 0 Å². The van der Waals surface area contributed by atoms with E-state index in [1.807, 2.05) is 30.5 Å². The van der Waals surface area contributed by atoms with Crippen molar-refractivity contribution in [3.8, 4) is 0 Å². The Morgan fingerprint density at radius 3 is 2.71 bits per heavy atom. The number of pyridine rings is 1. The molecule has 0 atom stereocenters. The Balaban J connectivity index is 1.45. The summed E-state index contributed by atoms with van der Waals surface area (Å²) in [6.45, 7) is 2.04. The molecule has 1 aromatic heterocycles. The lowest BCUT2D eigenvalue weighted by Gasteiger charge is -2.07. The molecule has 0 amide bonds. The van der Waals surface area contributed by atoms with Crippen molar-refractivity contribution in [2.45, 2.75) is 38.6 Å². The van der Waals surface area contributed by atoms with Gasteiger partial charge in [-0.05, 0) is 36.1 Å². The molecule has 1 aliphatic rings. The predicted octanol–water partition coefficient (Wildman–Crippen LogP) is 3.81. The summed E-state index contributed by atoms with van der Waals surface area (Å²) in [4.78, 5) is 4.45. The van der Waals surface area contributed by atoms with Crippen LogP contribution in [0.1, 0.15) is 29.7 Å².